The summed E-state index contributed by atoms with van der Waals surface area (Å²) in [5, 5.41) is 18.0. The minimum absolute atomic E-state index is 0.390. The van der Waals surface area contributed by atoms with Gasteiger partial charge in [0.15, 0.2) is 0 Å². The topological polar surface area (TPSA) is 33.4 Å². The zero-order chi connectivity index (χ0) is 30.1. The quantitative estimate of drug-likeness (QED) is 0.265. The number of aromatic hydroxyl groups is 1. The van der Waals surface area contributed by atoms with Crippen molar-refractivity contribution in [2.45, 2.75) is 0 Å². The van der Waals surface area contributed by atoms with Crippen molar-refractivity contribution in [3.05, 3.63) is 115 Å². The summed E-state index contributed by atoms with van der Waals surface area (Å²) in [7, 11) is 8.32. The van der Waals surface area contributed by atoms with Gasteiger partial charge < -0.3 is 9.52 Å². The highest BCUT2D eigenvalue weighted by molar-refractivity contribution is 6.61. The number of phenolic OH excluding ortho intramolecular Hbond substituents is 1. The van der Waals surface area contributed by atoms with Gasteiger partial charge in [-0.15, -0.1) is 0 Å². The lowest BCUT2D eigenvalue weighted by molar-refractivity contribution is 0.484. The Morgan fingerprint density at radius 1 is 0.432 bits per heavy atom. The molecule has 0 unspecified atom stereocenters. The molecule has 0 bridgehead atoms. The summed E-state index contributed by atoms with van der Waals surface area (Å²) in [5.74, 6) is 0.390. The molecule has 0 spiro atoms. The van der Waals surface area contributed by atoms with Crippen LogP contribution in [0.25, 0.3) is 76.9 Å². The standard InChI is InChI=1S/C38H28B4O2/c39-33-32(34(40)36(42)37(43)35(33)41)30-24-14-6-4-12-22(24)29(23-13-5-7-15-25(23)30)27-19-18-21(20-10-2-1-3-11-20)38-31(27)26-16-8-9-17-28(26)44-38/h1-19,43H,39-42H2. The molecular weight excluding hydrogens is 532 g/mol. The Morgan fingerprint density at radius 2 is 0.909 bits per heavy atom. The van der Waals surface area contributed by atoms with E-state index in [9.17, 15) is 5.11 Å². The molecule has 0 amide bonds. The number of fused-ring (bicyclic) bond motifs is 5. The summed E-state index contributed by atoms with van der Waals surface area (Å²) in [5.41, 5.74) is 12.9. The second-order valence-electron chi connectivity index (χ2n) is 11.9. The minimum atomic E-state index is 0.390. The van der Waals surface area contributed by atoms with E-state index in [1.807, 2.05) is 27.8 Å². The number of benzene rings is 7. The number of phenols is 1. The zero-order valence-electron chi connectivity index (χ0n) is 25.3. The Morgan fingerprint density at radius 3 is 1.50 bits per heavy atom. The molecule has 0 aliphatic rings. The third-order valence-electron chi connectivity index (χ3n) is 9.65. The van der Waals surface area contributed by atoms with E-state index < -0.39 is 0 Å². The van der Waals surface area contributed by atoms with Crippen molar-refractivity contribution in [2.24, 2.45) is 0 Å². The van der Waals surface area contributed by atoms with Crippen molar-refractivity contribution in [1.29, 1.82) is 0 Å². The van der Waals surface area contributed by atoms with Gasteiger partial charge in [0, 0.05) is 16.3 Å². The molecule has 1 N–H and O–H groups in total. The first kappa shape index (κ1) is 26.5. The fraction of sp³-hybridized carbons (Fsp3) is 0. The van der Waals surface area contributed by atoms with Crippen molar-refractivity contribution < 1.29 is 9.52 Å². The summed E-state index contributed by atoms with van der Waals surface area (Å²) in [4.78, 5) is 0. The molecular formula is C38H28B4O2. The molecule has 204 valence electrons. The molecule has 0 saturated heterocycles. The number of hydrogen-bond acceptors (Lipinski definition) is 2. The monoisotopic (exact) mass is 560 g/mol. The third-order valence-corrected chi connectivity index (χ3v) is 9.65. The van der Waals surface area contributed by atoms with Gasteiger partial charge in [-0.05, 0) is 61.5 Å². The average molecular weight is 560 g/mol. The van der Waals surface area contributed by atoms with Gasteiger partial charge in [-0.3, -0.25) is 0 Å². The number of furan rings is 1. The van der Waals surface area contributed by atoms with Gasteiger partial charge in [0.05, 0.1) is 0 Å². The van der Waals surface area contributed by atoms with Crippen molar-refractivity contribution in [2.75, 3.05) is 0 Å². The average Bonchev–Trinajstić information content (AvgIpc) is 3.46. The van der Waals surface area contributed by atoms with Crippen LogP contribution < -0.4 is 21.9 Å². The van der Waals surface area contributed by atoms with Crippen LogP contribution >= 0.6 is 0 Å². The molecule has 1 heterocycles. The van der Waals surface area contributed by atoms with Crippen LogP contribution in [0.1, 0.15) is 0 Å². The third kappa shape index (κ3) is 3.74. The Labute approximate surface area is 260 Å². The molecule has 0 radical (unpaired) electrons. The predicted octanol–water partition coefficient (Wildman–Crippen LogP) is 3.63. The smallest absolute Gasteiger partial charge is 0.143 e. The number of para-hydroxylation sites is 1. The van der Waals surface area contributed by atoms with Gasteiger partial charge in [-0.25, -0.2) is 0 Å². The van der Waals surface area contributed by atoms with Crippen molar-refractivity contribution in [1.82, 2.24) is 0 Å². The van der Waals surface area contributed by atoms with Gasteiger partial charge in [0.2, 0.25) is 0 Å². The second-order valence-corrected chi connectivity index (χ2v) is 11.9. The highest BCUT2D eigenvalue weighted by Crippen LogP contribution is 2.48. The van der Waals surface area contributed by atoms with E-state index in [0.717, 1.165) is 60.5 Å². The molecule has 0 aliphatic carbocycles. The number of hydrogen-bond donors (Lipinski definition) is 1. The highest BCUT2D eigenvalue weighted by Gasteiger charge is 2.24. The van der Waals surface area contributed by atoms with E-state index in [1.54, 1.807) is 0 Å². The van der Waals surface area contributed by atoms with E-state index in [-0.39, 0.29) is 0 Å². The van der Waals surface area contributed by atoms with Crippen LogP contribution in [0.2, 0.25) is 0 Å². The van der Waals surface area contributed by atoms with Crippen LogP contribution in [-0.2, 0) is 0 Å². The normalized spacial score (nSPS) is 11.6. The van der Waals surface area contributed by atoms with E-state index in [2.05, 4.69) is 119 Å². The fourth-order valence-electron chi connectivity index (χ4n) is 7.24. The molecule has 0 aliphatic heterocycles. The van der Waals surface area contributed by atoms with Crippen LogP contribution in [0.4, 0.5) is 0 Å². The molecule has 0 fully saturated rings. The van der Waals surface area contributed by atoms with Gasteiger partial charge in [-0.2, -0.15) is 0 Å². The second kappa shape index (κ2) is 9.99. The minimum Gasteiger partial charge on any atom is -0.509 e. The van der Waals surface area contributed by atoms with Gasteiger partial charge >= 0.3 is 0 Å². The molecule has 44 heavy (non-hydrogen) atoms. The Hall–Kier alpha value is -5.08. The maximum Gasteiger partial charge on any atom is 0.143 e. The van der Waals surface area contributed by atoms with Gasteiger partial charge in [-0.1, -0.05) is 125 Å². The maximum absolute atomic E-state index is 10.9. The maximum atomic E-state index is 10.9. The first-order chi connectivity index (χ1) is 21.5. The summed E-state index contributed by atoms with van der Waals surface area (Å²) in [6, 6.07) is 40.9. The number of rotatable bonds is 3. The van der Waals surface area contributed by atoms with Crippen LogP contribution in [0, 0.1) is 0 Å². The van der Waals surface area contributed by atoms with E-state index in [0.29, 0.717) is 5.75 Å². The summed E-state index contributed by atoms with van der Waals surface area (Å²) < 4.78 is 6.66. The molecule has 7 aromatic carbocycles. The summed E-state index contributed by atoms with van der Waals surface area (Å²) >= 11 is 0. The van der Waals surface area contributed by atoms with Crippen LogP contribution in [0.5, 0.6) is 5.75 Å². The highest BCUT2D eigenvalue weighted by atomic mass is 16.3. The molecule has 0 atom stereocenters. The summed E-state index contributed by atoms with van der Waals surface area (Å²) in [6.45, 7) is 0. The Kier molecular flexibility index (Phi) is 6.03. The zero-order valence-corrected chi connectivity index (χ0v) is 25.3. The molecule has 0 saturated carbocycles. The van der Waals surface area contributed by atoms with E-state index >= 15 is 0 Å². The first-order valence-electron chi connectivity index (χ1n) is 15.2. The van der Waals surface area contributed by atoms with Crippen molar-refractivity contribution in [3.8, 4) is 39.1 Å². The molecule has 6 heteroatoms. The van der Waals surface area contributed by atoms with Crippen LogP contribution in [0.3, 0.4) is 0 Å². The van der Waals surface area contributed by atoms with Crippen molar-refractivity contribution in [3.63, 3.8) is 0 Å². The van der Waals surface area contributed by atoms with Crippen LogP contribution in [-0.4, -0.2) is 36.5 Å². The molecule has 2 nitrogen and oxygen atoms in total. The van der Waals surface area contributed by atoms with Gasteiger partial charge in [0.25, 0.3) is 0 Å². The lowest BCUT2D eigenvalue weighted by Gasteiger charge is -2.23. The molecule has 8 rings (SSSR count). The van der Waals surface area contributed by atoms with Crippen LogP contribution in [0.15, 0.2) is 120 Å². The van der Waals surface area contributed by atoms with Gasteiger partial charge in [0.1, 0.15) is 48.3 Å². The van der Waals surface area contributed by atoms with E-state index in [4.69, 9.17) is 4.42 Å². The fourth-order valence-corrected chi connectivity index (χ4v) is 7.24. The van der Waals surface area contributed by atoms with Crippen molar-refractivity contribution >= 4 is 96.7 Å². The Balaban J connectivity index is 1.56. The largest absolute Gasteiger partial charge is 0.509 e. The summed E-state index contributed by atoms with van der Waals surface area (Å²) in [6.07, 6.45) is 0. The lowest BCUT2D eigenvalue weighted by atomic mass is 9.64. The van der Waals surface area contributed by atoms with E-state index in [1.165, 1.54) is 38.2 Å². The predicted molar refractivity (Wildman–Crippen MR) is 199 cm³/mol. The lowest BCUT2D eigenvalue weighted by Crippen LogP contribution is -2.42. The first-order valence-corrected chi connectivity index (χ1v) is 15.2. The molecule has 1 aromatic heterocycles. The SMILES string of the molecule is Bc1c(B)c(-c2c3ccccc3c(-c3ccc(-c4ccccc4)c4oc5ccccc5c34)c3ccccc23)c(B)c(B)c1O. The Bertz CT molecular complexity index is 2360. The molecule has 8 aromatic rings.